The quantitative estimate of drug-likeness (QED) is 0.867. The SMILES string of the molecule is Cc1cc(S(=O)(=O)N2C[C@@H](CN)[C@H](c3ccccc3)C2)ccc1C#N.Cl. The van der Waals surface area contributed by atoms with Gasteiger partial charge in [-0.2, -0.15) is 9.57 Å². The van der Waals surface area contributed by atoms with E-state index in [-0.39, 0.29) is 29.1 Å². The zero-order chi connectivity index (χ0) is 18.0. The highest BCUT2D eigenvalue weighted by molar-refractivity contribution is 7.89. The van der Waals surface area contributed by atoms with Crippen LogP contribution in [-0.4, -0.2) is 32.4 Å². The smallest absolute Gasteiger partial charge is 0.243 e. The van der Waals surface area contributed by atoms with Gasteiger partial charge in [0.1, 0.15) is 0 Å². The van der Waals surface area contributed by atoms with Gasteiger partial charge in [-0.3, -0.25) is 0 Å². The van der Waals surface area contributed by atoms with E-state index in [0.717, 1.165) is 5.56 Å². The molecule has 5 nitrogen and oxygen atoms in total. The minimum absolute atomic E-state index is 0. The van der Waals surface area contributed by atoms with Crippen LogP contribution < -0.4 is 5.73 Å². The summed E-state index contributed by atoms with van der Waals surface area (Å²) in [5.74, 6) is 0.192. The van der Waals surface area contributed by atoms with Crippen LogP contribution in [0, 0.1) is 24.2 Å². The van der Waals surface area contributed by atoms with E-state index in [1.165, 1.54) is 10.4 Å². The van der Waals surface area contributed by atoms with E-state index in [0.29, 0.717) is 30.8 Å². The molecule has 2 atom stereocenters. The minimum atomic E-state index is -3.60. The van der Waals surface area contributed by atoms with Gasteiger partial charge >= 0.3 is 0 Å². The first kappa shape index (κ1) is 20.4. The van der Waals surface area contributed by atoms with Crippen LogP contribution >= 0.6 is 12.4 Å². The number of nitriles is 1. The molecule has 1 aliphatic heterocycles. The second-order valence-electron chi connectivity index (χ2n) is 6.42. The van der Waals surface area contributed by atoms with Crippen LogP contribution in [-0.2, 0) is 10.0 Å². The topological polar surface area (TPSA) is 87.2 Å². The van der Waals surface area contributed by atoms with E-state index in [1.54, 1.807) is 19.1 Å². The van der Waals surface area contributed by atoms with Crippen molar-refractivity contribution in [2.45, 2.75) is 17.7 Å². The number of hydrogen-bond acceptors (Lipinski definition) is 4. The maximum Gasteiger partial charge on any atom is 0.243 e. The number of hydrogen-bond donors (Lipinski definition) is 1. The predicted molar refractivity (Wildman–Crippen MR) is 104 cm³/mol. The Labute approximate surface area is 160 Å². The van der Waals surface area contributed by atoms with Gasteiger partial charge in [0.05, 0.1) is 16.5 Å². The average molecular weight is 392 g/mol. The van der Waals surface area contributed by atoms with E-state index in [2.05, 4.69) is 6.07 Å². The van der Waals surface area contributed by atoms with Crippen molar-refractivity contribution in [3.05, 3.63) is 65.2 Å². The first-order chi connectivity index (χ1) is 12.0. The highest BCUT2D eigenvalue weighted by atomic mass is 35.5. The Hall–Kier alpha value is -1.91. The van der Waals surface area contributed by atoms with Gasteiger partial charge in [-0.1, -0.05) is 30.3 Å². The summed E-state index contributed by atoms with van der Waals surface area (Å²) in [7, 11) is -3.60. The molecule has 0 aliphatic carbocycles. The molecule has 0 bridgehead atoms. The monoisotopic (exact) mass is 391 g/mol. The molecule has 0 spiro atoms. The summed E-state index contributed by atoms with van der Waals surface area (Å²) in [5.41, 5.74) is 8.18. The number of halogens is 1. The largest absolute Gasteiger partial charge is 0.330 e. The number of sulfonamides is 1. The van der Waals surface area contributed by atoms with Crippen LogP contribution in [0.3, 0.4) is 0 Å². The fraction of sp³-hybridized carbons (Fsp3) is 0.316. The Kier molecular flexibility index (Phi) is 6.43. The van der Waals surface area contributed by atoms with E-state index in [1.807, 2.05) is 30.3 Å². The normalized spacial score (nSPS) is 20.3. The third-order valence-electron chi connectivity index (χ3n) is 4.89. The van der Waals surface area contributed by atoms with Crippen LogP contribution in [0.15, 0.2) is 53.4 Å². The lowest BCUT2D eigenvalue weighted by Gasteiger charge is -2.17. The van der Waals surface area contributed by atoms with Crippen molar-refractivity contribution in [2.75, 3.05) is 19.6 Å². The molecule has 2 N–H and O–H groups in total. The number of benzene rings is 2. The Balaban J connectivity index is 0.00000243. The molecule has 0 amide bonds. The molecule has 2 aromatic carbocycles. The fourth-order valence-electron chi connectivity index (χ4n) is 3.42. The molecule has 1 heterocycles. The van der Waals surface area contributed by atoms with E-state index in [9.17, 15) is 8.42 Å². The molecule has 0 saturated carbocycles. The van der Waals surface area contributed by atoms with Gasteiger partial charge in [0.2, 0.25) is 10.0 Å². The molecule has 1 aliphatic rings. The Morgan fingerprint density at radius 3 is 2.46 bits per heavy atom. The van der Waals surface area contributed by atoms with Gasteiger partial charge in [0, 0.05) is 19.0 Å². The van der Waals surface area contributed by atoms with Crippen LogP contribution in [0.1, 0.15) is 22.6 Å². The van der Waals surface area contributed by atoms with Crippen molar-refractivity contribution < 1.29 is 8.42 Å². The zero-order valence-corrected chi connectivity index (χ0v) is 16.1. The second-order valence-corrected chi connectivity index (χ2v) is 8.36. The van der Waals surface area contributed by atoms with Gasteiger partial charge in [0.25, 0.3) is 0 Å². The van der Waals surface area contributed by atoms with Gasteiger partial charge in [-0.15, -0.1) is 12.4 Å². The molecular weight excluding hydrogens is 370 g/mol. The van der Waals surface area contributed by atoms with Crippen LogP contribution in [0.5, 0.6) is 0 Å². The molecule has 1 fully saturated rings. The van der Waals surface area contributed by atoms with E-state index >= 15 is 0 Å². The first-order valence-electron chi connectivity index (χ1n) is 8.23. The van der Waals surface area contributed by atoms with Crippen LogP contribution in [0.4, 0.5) is 0 Å². The van der Waals surface area contributed by atoms with E-state index in [4.69, 9.17) is 11.0 Å². The summed E-state index contributed by atoms with van der Waals surface area (Å²) in [6.07, 6.45) is 0. The van der Waals surface area contributed by atoms with Gasteiger partial charge in [-0.25, -0.2) is 8.42 Å². The molecule has 3 rings (SSSR count). The lowest BCUT2D eigenvalue weighted by Crippen LogP contribution is -2.30. The lowest BCUT2D eigenvalue weighted by molar-refractivity contribution is 0.459. The first-order valence-corrected chi connectivity index (χ1v) is 9.67. The summed E-state index contributed by atoms with van der Waals surface area (Å²) >= 11 is 0. The summed E-state index contributed by atoms with van der Waals surface area (Å²) in [6, 6.07) is 16.6. The predicted octanol–water partition coefficient (Wildman–Crippen LogP) is 2.65. The lowest BCUT2D eigenvalue weighted by atomic mass is 9.89. The molecule has 1 saturated heterocycles. The van der Waals surface area contributed by atoms with Gasteiger partial charge in [-0.05, 0) is 48.7 Å². The molecular formula is C19H22ClN3O2S. The molecule has 138 valence electrons. The zero-order valence-electron chi connectivity index (χ0n) is 14.5. The number of aryl methyl sites for hydroxylation is 1. The Morgan fingerprint density at radius 1 is 1.19 bits per heavy atom. The molecule has 26 heavy (non-hydrogen) atoms. The highest BCUT2D eigenvalue weighted by Crippen LogP contribution is 2.35. The fourth-order valence-corrected chi connectivity index (χ4v) is 5.02. The van der Waals surface area contributed by atoms with E-state index < -0.39 is 10.0 Å². The highest BCUT2D eigenvalue weighted by Gasteiger charge is 2.39. The molecule has 7 heteroatoms. The third-order valence-corrected chi connectivity index (χ3v) is 6.72. The van der Waals surface area contributed by atoms with Crippen molar-refractivity contribution in [1.82, 2.24) is 4.31 Å². The summed E-state index contributed by atoms with van der Waals surface area (Å²) < 4.78 is 27.6. The van der Waals surface area contributed by atoms with Crippen molar-refractivity contribution in [2.24, 2.45) is 11.7 Å². The molecule has 0 unspecified atom stereocenters. The maximum absolute atomic E-state index is 13.0. The van der Waals surface area contributed by atoms with Gasteiger partial charge in [0.15, 0.2) is 0 Å². The minimum Gasteiger partial charge on any atom is -0.330 e. The Morgan fingerprint density at radius 2 is 1.88 bits per heavy atom. The standard InChI is InChI=1S/C19H21N3O2S.ClH/c1-14-9-18(8-7-16(14)10-20)25(23,24)22-12-17(11-21)19(13-22)15-5-3-2-4-6-15;/h2-9,17,19H,11-13,21H2,1H3;1H/t17-,19+;/m1./s1. The Bertz CT molecular complexity index is 910. The molecule has 2 aromatic rings. The third kappa shape index (κ3) is 3.76. The number of nitrogens with zero attached hydrogens (tertiary/aromatic N) is 2. The van der Waals surface area contributed by atoms with Crippen LogP contribution in [0.25, 0.3) is 0 Å². The maximum atomic E-state index is 13.0. The van der Waals surface area contributed by atoms with Crippen LogP contribution in [0.2, 0.25) is 0 Å². The summed E-state index contributed by atoms with van der Waals surface area (Å²) in [4.78, 5) is 0.230. The van der Waals surface area contributed by atoms with Gasteiger partial charge < -0.3 is 5.73 Å². The van der Waals surface area contributed by atoms with Crippen molar-refractivity contribution >= 4 is 22.4 Å². The molecule has 0 aromatic heterocycles. The van der Waals surface area contributed by atoms with Crippen molar-refractivity contribution in [3.63, 3.8) is 0 Å². The number of rotatable bonds is 4. The number of nitrogens with two attached hydrogens (primary N) is 1. The second kappa shape index (κ2) is 8.19. The summed E-state index contributed by atoms with van der Waals surface area (Å²) in [6.45, 7) is 3.03. The molecule has 0 radical (unpaired) electrons. The average Bonchev–Trinajstić information content (AvgIpc) is 3.07. The van der Waals surface area contributed by atoms with Crippen molar-refractivity contribution in [1.29, 1.82) is 5.26 Å². The summed E-state index contributed by atoms with van der Waals surface area (Å²) in [5, 5.41) is 9.03. The van der Waals surface area contributed by atoms with Crippen molar-refractivity contribution in [3.8, 4) is 6.07 Å².